The molecule has 2 aromatic rings. The molecule has 7 heteroatoms. The van der Waals surface area contributed by atoms with E-state index >= 15 is 0 Å². The number of hydrogen-bond donors (Lipinski definition) is 1. The third kappa shape index (κ3) is 8.06. The molecule has 31 heavy (non-hydrogen) atoms. The first-order valence-corrected chi connectivity index (χ1v) is 12.2. The van der Waals surface area contributed by atoms with Crippen molar-refractivity contribution < 1.29 is 9.59 Å². The number of amides is 2. The Morgan fingerprint density at radius 3 is 2.19 bits per heavy atom. The zero-order chi connectivity index (χ0) is 23.0. The van der Waals surface area contributed by atoms with E-state index in [1.807, 2.05) is 58.0 Å². The van der Waals surface area contributed by atoms with E-state index in [-0.39, 0.29) is 24.1 Å². The van der Waals surface area contributed by atoms with Crippen LogP contribution in [0.3, 0.4) is 0 Å². The van der Waals surface area contributed by atoms with Crippen LogP contribution in [0.4, 0.5) is 0 Å². The maximum absolute atomic E-state index is 13.3. The average molecular weight is 481 g/mol. The first-order valence-electron chi connectivity index (χ1n) is 10.3. The highest BCUT2D eigenvalue weighted by Gasteiger charge is 2.31. The molecule has 0 aliphatic carbocycles. The molecule has 0 heterocycles. The van der Waals surface area contributed by atoms with E-state index in [1.54, 1.807) is 23.1 Å². The van der Waals surface area contributed by atoms with Crippen molar-refractivity contribution in [1.29, 1.82) is 0 Å². The van der Waals surface area contributed by atoms with Crippen LogP contribution in [0.5, 0.6) is 0 Å². The molecule has 1 N–H and O–H groups in total. The van der Waals surface area contributed by atoms with Crippen LogP contribution < -0.4 is 5.32 Å². The Morgan fingerprint density at radius 2 is 1.65 bits per heavy atom. The smallest absolute Gasteiger partial charge is 0.243 e. The highest BCUT2D eigenvalue weighted by atomic mass is 35.5. The molecule has 0 saturated carbocycles. The molecule has 0 aliphatic rings. The summed E-state index contributed by atoms with van der Waals surface area (Å²) in [7, 11) is 0. The predicted molar refractivity (Wildman–Crippen MR) is 132 cm³/mol. The second kappa shape index (κ2) is 11.8. The minimum atomic E-state index is -0.614. The fourth-order valence-electron chi connectivity index (χ4n) is 3.14. The zero-order valence-corrected chi connectivity index (χ0v) is 20.8. The van der Waals surface area contributed by atoms with Crippen molar-refractivity contribution in [3.8, 4) is 0 Å². The van der Waals surface area contributed by atoms with E-state index in [2.05, 4.69) is 5.32 Å². The van der Waals surface area contributed by atoms with Crippen LogP contribution in [0.15, 0.2) is 48.5 Å². The van der Waals surface area contributed by atoms with E-state index in [0.29, 0.717) is 22.0 Å². The Morgan fingerprint density at radius 1 is 1.03 bits per heavy atom. The SMILES string of the molecule is CC[C@@H](C(=O)NC(C)(C)C)N(Cc1c(Cl)cccc1Cl)C(=O)CSCc1ccccc1. The lowest BCUT2D eigenvalue weighted by molar-refractivity contribution is -0.140. The van der Waals surface area contributed by atoms with Gasteiger partial charge in [0.25, 0.3) is 0 Å². The maximum Gasteiger partial charge on any atom is 0.243 e. The molecular formula is C24H30Cl2N2O2S. The van der Waals surface area contributed by atoms with E-state index in [1.165, 1.54) is 11.8 Å². The summed E-state index contributed by atoms with van der Waals surface area (Å²) in [5.41, 5.74) is 1.40. The second-order valence-electron chi connectivity index (χ2n) is 8.36. The molecule has 0 unspecified atom stereocenters. The van der Waals surface area contributed by atoms with E-state index in [0.717, 1.165) is 11.3 Å². The topological polar surface area (TPSA) is 49.4 Å². The number of hydrogen-bond acceptors (Lipinski definition) is 3. The summed E-state index contributed by atoms with van der Waals surface area (Å²) in [6.45, 7) is 7.84. The number of thioether (sulfide) groups is 1. The number of nitrogens with zero attached hydrogens (tertiary/aromatic N) is 1. The van der Waals surface area contributed by atoms with Crippen LogP contribution in [-0.4, -0.2) is 34.0 Å². The minimum absolute atomic E-state index is 0.118. The molecule has 2 rings (SSSR count). The van der Waals surface area contributed by atoms with Crippen LogP contribution in [-0.2, 0) is 21.9 Å². The lowest BCUT2D eigenvalue weighted by Crippen LogP contribution is -2.53. The summed E-state index contributed by atoms with van der Waals surface area (Å²) in [5, 5.41) is 3.96. The first kappa shape index (κ1) is 25.6. The van der Waals surface area contributed by atoms with Gasteiger partial charge in [-0.25, -0.2) is 0 Å². The normalized spacial score (nSPS) is 12.3. The Hall–Kier alpha value is -1.69. The number of benzene rings is 2. The van der Waals surface area contributed by atoms with Crippen molar-refractivity contribution in [2.75, 3.05) is 5.75 Å². The van der Waals surface area contributed by atoms with Gasteiger partial charge in [-0.05, 0) is 44.9 Å². The van der Waals surface area contributed by atoms with Crippen LogP contribution in [0, 0.1) is 0 Å². The van der Waals surface area contributed by atoms with Gasteiger partial charge < -0.3 is 10.2 Å². The number of halogens is 2. The van der Waals surface area contributed by atoms with Crippen molar-refractivity contribution in [2.24, 2.45) is 0 Å². The number of carbonyl (C=O) groups excluding carboxylic acids is 2. The Bertz CT molecular complexity index is 865. The number of carbonyl (C=O) groups is 2. The molecule has 0 bridgehead atoms. The van der Waals surface area contributed by atoms with Gasteiger partial charge in [-0.15, -0.1) is 11.8 Å². The van der Waals surface area contributed by atoms with Crippen LogP contribution in [0.1, 0.15) is 45.2 Å². The number of rotatable bonds is 9. The standard InChI is InChI=1S/C24H30Cl2N2O2S/c1-5-21(23(30)27-24(2,3)4)28(14-18-19(25)12-9-13-20(18)26)22(29)16-31-15-17-10-7-6-8-11-17/h6-13,21H,5,14-16H2,1-4H3,(H,27,30)/t21-/m0/s1. The van der Waals surface area contributed by atoms with Gasteiger partial charge in [0.1, 0.15) is 6.04 Å². The second-order valence-corrected chi connectivity index (χ2v) is 10.2. The van der Waals surface area contributed by atoms with Gasteiger partial charge in [0, 0.05) is 33.4 Å². The molecule has 2 aromatic carbocycles. The average Bonchev–Trinajstić information content (AvgIpc) is 2.69. The summed E-state index contributed by atoms with van der Waals surface area (Å²) in [4.78, 5) is 27.9. The summed E-state index contributed by atoms with van der Waals surface area (Å²) in [5.74, 6) is 0.682. The van der Waals surface area contributed by atoms with Gasteiger partial charge in [-0.1, -0.05) is 66.5 Å². The molecular weight excluding hydrogens is 451 g/mol. The largest absolute Gasteiger partial charge is 0.350 e. The Kier molecular flexibility index (Phi) is 9.73. The lowest BCUT2D eigenvalue weighted by atomic mass is 10.1. The predicted octanol–water partition coefficient (Wildman–Crippen LogP) is 5.95. The summed E-state index contributed by atoms with van der Waals surface area (Å²) in [6, 6.07) is 14.6. The van der Waals surface area contributed by atoms with Crippen molar-refractivity contribution in [1.82, 2.24) is 10.2 Å². The van der Waals surface area contributed by atoms with Crippen molar-refractivity contribution in [3.63, 3.8) is 0 Å². The minimum Gasteiger partial charge on any atom is -0.350 e. The summed E-state index contributed by atoms with van der Waals surface area (Å²) < 4.78 is 0. The van der Waals surface area contributed by atoms with Crippen molar-refractivity contribution in [3.05, 3.63) is 69.7 Å². The maximum atomic E-state index is 13.3. The molecule has 0 aliphatic heterocycles. The first-order chi connectivity index (χ1) is 14.6. The van der Waals surface area contributed by atoms with Gasteiger partial charge in [-0.3, -0.25) is 9.59 Å². The van der Waals surface area contributed by atoms with E-state index < -0.39 is 11.6 Å². The van der Waals surface area contributed by atoms with E-state index in [4.69, 9.17) is 23.2 Å². The Balaban J connectivity index is 2.23. The van der Waals surface area contributed by atoms with Gasteiger partial charge in [0.2, 0.25) is 11.8 Å². The van der Waals surface area contributed by atoms with Gasteiger partial charge in [0.15, 0.2) is 0 Å². The number of nitrogens with one attached hydrogen (secondary N) is 1. The Labute approximate surface area is 199 Å². The molecule has 0 saturated heterocycles. The van der Waals surface area contributed by atoms with Crippen molar-refractivity contribution >= 4 is 46.8 Å². The van der Waals surface area contributed by atoms with Gasteiger partial charge >= 0.3 is 0 Å². The summed E-state index contributed by atoms with van der Waals surface area (Å²) in [6.07, 6.45) is 0.485. The van der Waals surface area contributed by atoms with E-state index in [9.17, 15) is 9.59 Å². The summed E-state index contributed by atoms with van der Waals surface area (Å²) >= 11 is 14.3. The van der Waals surface area contributed by atoms with Crippen LogP contribution in [0.2, 0.25) is 10.0 Å². The van der Waals surface area contributed by atoms with Crippen LogP contribution in [0.25, 0.3) is 0 Å². The molecule has 0 radical (unpaired) electrons. The zero-order valence-electron chi connectivity index (χ0n) is 18.5. The third-order valence-electron chi connectivity index (χ3n) is 4.61. The highest BCUT2D eigenvalue weighted by Crippen LogP contribution is 2.27. The van der Waals surface area contributed by atoms with Crippen LogP contribution >= 0.6 is 35.0 Å². The molecule has 1 atom stereocenters. The molecule has 0 fully saturated rings. The van der Waals surface area contributed by atoms with Gasteiger partial charge in [0.05, 0.1) is 5.75 Å². The molecule has 4 nitrogen and oxygen atoms in total. The monoisotopic (exact) mass is 480 g/mol. The highest BCUT2D eigenvalue weighted by molar-refractivity contribution is 7.99. The fraction of sp³-hybridized carbons (Fsp3) is 0.417. The van der Waals surface area contributed by atoms with Crippen molar-refractivity contribution in [2.45, 2.75) is 58.0 Å². The lowest BCUT2D eigenvalue weighted by Gasteiger charge is -2.33. The third-order valence-corrected chi connectivity index (χ3v) is 6.31. The molecule has 168 valence electrons. The molecule has 2 amide bonds. The quantitative estimate of drug-likeness (QED) is 0.482. The molecule has 0 spiro atoms. The fourth-order valence-corrected chi connectivity index (χ4v) is 4.53. The van der Waals surface area contributed by atoms with Gasteiger partial charge in [-0.2, -0.15) is 0 Å². The molecule has 0 aromatic heterocycles.